The van der Waals surface area contributed by atoms with Crippen LogP contribution in [0.15, 0.2) is 28.8 Å². The molecule has 0 atom stereocenters. The molecule has 0 amide bonds. The lowest BCUT2D eigenvalue weighted by Crippen LogP contribution is -1.98. The fraction of sp³-hybridized carbons (Fsp3) is 0.100. The van der Waals surface area contributed by atoms with Crippen molar-refractivity contribution < 1.29 is 14.4 Å². The highest BCUT2D eigenvalue weighted by molar-refractivity contribution is 5.85. The molecule has 0 unspecified atom stereocenters. The highest BCUT2D eigenvalue weighted by Gasteiger charge is 2.14. The zero-order valence-corrected chi connectivity index (χ0v) is 9.48. The third-order valence-corrected chi connectivity index (χ3v) is 2.03. The van der Waals surface area contributed by atoms with E-state index in [1.165, 1.54) is 0 Å². The lowest BCUT2D eigenvalue weighted by atomic mass is 10.1. The molecule has 0 aliphatic carbocycles. The van der Waals surface area contributed by atoms with Gasteiger partial charge in [-0.3, -0.25) is 0 Å². The van der Waals surface area contributed by atoms with E-state index in [0.29, 0.717) is 12.1 Å². The predicted octanol–water partition coefficient (Wildman–Crippen LogP) is 1.32. The third-order valence-electron chi connectivity index (χ3n) is 2.03. The van der Waals surface area contributed by atoms with Crippen molar-refractivity contribution in [3.05, 3.63) is 35.7 Å². The molecule has 1 aromatic carbocycles. The number of hydrogen-bond donors (Lipinski definition) is 2. The van der Waals surface area contributed by atoms with E-state index in [1.807, 2.05) is 6.07 Å². The second-order valence-corrected chi connectivity index (χ2v) is 3.13. The molecule has 0 aliphatic rings. The van der Waals surface area contributed by atoms with Crippen molar-refractivity contribution in [2.24, 2.45) is 5.73 Å². The lowest BCUT2D eigenvalue weighted by Gasteiger charge is -1.97. The molecule has 1 aromatic heterocycles. The van der Waals surface area contributed by atoms with Gasteiger partial charge in [0.2, 0.25) is 0 Å². The molecule has 0 aliphatic heterocycles. The highest BCUT2D eigenvalue weighted by Crippen LogP contribution is 2.18. The van der Waals surface area contributed by atoms with Crippen LogP contribution in [0, 0.1) is 0 Å². The smallest absolute Gasteiger partial charge is 0.377 e. The van der Waals surface area contributed by atoms with E-state index >= 15 is 0 Å². The van der Waals surface area contributed by atoms with E-state index in [-0.39, 0.29) is 24.1 Å². The molecule has 2 rings (SSSR count). The zero-order chi connectivity index (χ0) is 11.5. The number of hydrogen-bond acceptors (Lipinski definition) is 5. The number of rotatable bonds is 3. The molecule has 2 aromatic rings. The van der Waals surface area contributed by atoms with Crippen LogP contribution < -0.4 is 5.73 Å². The van der Waals surface area contributed by atoms with Crippen molar-refractivity contribution in [2.45, 2.75) is 6.54 Å². The van der Waals surface area contributed by atoms with Crippen molar-refractivity contribution in [3.8, 4) is 11.5 Å². The number of benzene rings is 1. The Morgan fingerprint density at radius 3 is 2.82 bits per heavy atom. The summed E-state index contributed by atoms with van der Waals surface area (Å²) in [4.78, 5) is 14.3. The van der Waals surface area contributed by atoms with E-state index in [2.05, 4.69) is 10.1 Å². The molecule has 3 N–H and O–H groups in total. The van der Waals surface area contributed by atoms with Crippen LogP contribution in [-0.4, -0.2) is 21.2 Å². The largest absolute Gasteiger partial charge is 0.475 e. The summed E-state index contributed by atoms with van der Waals surface area (Å²) in [5.41, 5.74) is 7.05. The first-order valence-electron chi connectivity index (χ1n) is 4.57. The molecule has 0 spiro atoms. The van der Waals surface area contributed by atoms with Gasteiger partial charge in [0.25, 0.3) is 11.7 Å². The molecule has 0 fully saturated rings. The molecule has 90 valence electrons. The standard InChI is InChI=1S/C10H9N3O3.ClH/c11-5-6-2-1-3-7(4-6)9-12-8(10(14)15)13-16-9;/h1-4H,5,11H2,(H,14,15);1H. The van der Waals surface area contributed by atoms with Crippen LogP contribution in [-0.2, 0) is 6.54 Å². The molecule has 6 nitrogen and oxygen atoms in total. The Hall–Kier alpha value is -1.92. The summed E-state index contributed by atoms with van der Waals surface area (Å²) in [6, 6.07) is 7.18. The van der Waals surface area contributed by atoms with Crippen molar-refractivity contribution in [3.63, 3.8) is 0 Å². The van der Waals surface area contributed by atoms with Crippen LogP contribution in [0.25, 0.3) is 11.5 Å². The first-order chi connectivity index (χ1) is 7.70. The minimum atomic E-state index is -1.22. The summed E-state index contributed by atoms with van der Waals surface area (Å²) >= 11 is 0. The fourth-order valence-electron chi connectivity index (χ4n) is 1.26. The Balaban J connectivity index is 0.00000144. The van der Waals surface area contributed by atoms with Crippen LogP contribution in [0.4, 0.5) is 0 Å². The third kappa shape index (κ3) is 2.80. The van der Waals surface area contributed by atoms with Gasteiger partial charge < -0.3 is 15.4 Å². The van der Waals surface area contributed by atoms with Gasteiger partial charge in [-0.05, 0) is 22.9 Å². The lowest BCUT2D eigenvalue weighted by molar-refractivity contribution is 0.0680. The minimum Gasteiger partial charge on any atom is -0.475 e. The summed E-state index contributed by atoms with van der Waals surface area (Å²) in [6.07, 6.45) is 0. The summed E-state index contributed by atoms with van der Waals surface area (Å²) in [7, 11) is 0. The maximum atomic E-state index is 10.6. The first kappa shape index (κ1) is 13.1. The van der Waals surface area contributed by atoms with E-state index in [4.69, 9.17) is 15.4 Å². The van der Waals surface area contributed by atoms with Gasteiger partial charge in [0.15, 0.2) is 0 Å². The quantitative estimate of drug-likeness (QED) is 0.857. The van der Waals surface area contributed by atoms with E-state index in [1.54, 1.807) is 18.2 Å². The van der Waals surface area contributed by atoms with Crippen LogP contribution in [0.5, 0.6) is 0 Å². The minimum absolute atomic E-state index is 0. The number of carboxylic acids is 1. The van der Waals surface area contributed by atoms with Crippen molar-refractivity contribution >= 4 is 18.4 Å². The number of aromatic nitrogens is 2. The molecule has 0 bridgehead atoms. The molecule has 17 heavy (non-hydrogen) atoms. The summed E-state index contributed by atoms with van der Waals surface area (Å²) in [6.45, 7) is 0.397. The van der Waals surface area contributed by atoms with Crippen molar-refractivity contribution in [1.29, 1.82) is 0 Å². The topological polar surface area (TPSA) is 102 Å². The van der Waals surface area contributed by atoms with Gasteiger partial charge in [-0.15, -0.1) is 12.4 Å². The van der Waals surface area contributed by atoms with Gasteiger partial charge in [-0.1, -0.05) is 12.1 Å². The maximum absolute atomic E-state index is 10.6. The summed E-state index contributed by atoms with van der Waals surface area (Å²) < 4.78 is 4.83. The Kier molecular flexibility index (Phi) is 4.19. The van der Waals surface area contributed by atoms with Gasteiger partial charge in [-0.2, -0.15) is 4.98 Å². The summed E-state index contributed by atoms with van der Waals surface area (Å²) in [5.74, 6) is -1.40. The SMILES string of the molecule is Cl.NCc1cccc(-c2nc(C(=O)O)no2)c1. The number of carboxylic acid groups (broad SMARTS) is 1. The Labute approximate surface area is 103 Å². The van der Waals surface area contributed by atoms with Crippen LogP contribution in [0.2, 0.25) is 0 Å². The highest BCUT2D eigenvalue weighted by atomic mass is 35.5. The van der Waals surface area contributed by atoms with Crippen LogP contribution in [0.1, 0.15) is 16.2 Å². The van der Waals surface area contributed by atoms with E-state index in [9.17, 15) is 4.79 Å². The van der Waals surface area contributed by atoms with Gasteiger partial charge >= 0.3 is 5.97 Å². The second-order valence-electron chi connectivity index (χ2n) is 3.13. The number of halogens is 1. The summed E-state index contributed by atoms with van der Waals surface area (Å²) in [5, 5.41) is 12.0. The molecule has 7 heteroatoms. The average Bonchev–Trinajstić information content (AvgIpc) is 2.78. The van der Waals surface area contributed by atoms with Gasteiger partial charge in [0.05, 0.1) is 0 Å². The monoisotopic (exact) mass is 255 g/mol. The Bertz CT molecular complexity index is 527. The number of carbonyl (C=O) groups is 1. The number of nitrogens with zero attached hydrogens (tertiary/aromatic N) is 2. The Morgan fingerprint density at radius 1 is 1.47 bits per heavy atom. The van der Waals surface area contributed by atoms with Gasteiger partial charge in [-0.25, -0.2) is 4.79 Å². The van der Waals surface area contributed by atoms with E-state index < -0.39 is 5.97 Å². The van der Waals surface area contributed by atoms with E-state index in [0.717, 1.165) is 5.56 Å². The molecular formula is C10H10ClN3O3. The fourth-order valence-corrected chi connectivity index (χ4v) is 1.26. The van der Waals surface area contributed by atoms with Crippen molar-refractivity contribution in [1.82, 2.24) is 10.1 Å². The second kappa shape index (κ2) is 5.42. The number of nitrogens with two attached hydrogens (primary N) is 1. The zero-order valence-electron chi connectivity index (χ0n) is 8.66. The van der Waals surface area contributed by atoms with Crippen LogP contribution >= 0.6 is 12.4 Å². The molecular weight excluding hydrogens is 246 g/mol. The van der Waals surface area contributed by atoms with Gasteiger partial charge in [0, 0.05) is 12.1 Å². The van der Waals surface area contributed by atoms with Gasteiger partial charge in [0.1, 0.15) is 0 Å². The molecule has 1 heterocycles. The first-order valence-corrected chi connectivity index (χ1v) is 4.57. The normalized spacial score (nSPS) is 9.71. The maximum Gasteiger partial charge on any atom is 0.377 e. The van der Waals surface area contributed by atoms with Crippen LogP contribution in [0.3, 0.4) is 0 Å². The Morgan fingerprint density at radius 2 is 2.24 bits per heavy atom. The molecule has 0 radical (unpaired) electrons. The molecule has 0 saturated heterocycles. The number of aromatic carboxylic acids is 1. The van der Waals surface area contributed by atoms with Crippen molar-refractivity contribution in [2.75, 3.05) is 0 Å². The molecule has 0 saturated carbocycles. The predicted molar refractivity (Wildman–Crippen MR) is 61.8 cm³/mol. The average molecular weight is 256 g/mol.